The fraction of sp³-hybridized carbons (Fsp3) is 0.167. The van der Waals surface area contributed by atoms with Crippen LogP contribution in [-0.4, -0.2) is 45.9 Å². The van der Waals surface area contributed by atoms with E-state index < -0.39 is 11.9 Å². The van der Waals surface area contributed by atoms with Crippen LogP contribution in [-0.2, 0) is 16.1 Å². The molecule has 1 aliphatic rings. The van der Waals surface area contributed by atoms with Crippen LogP contribution in [0.2, 0.25) is 0 Å². The molecule has 0 bridgehead atoms. The molecule has 0 radical (unpaired) electrons. The van der Waals surface area contributed by atoms with Crippen molar-refractivity contribution in [2.24, 2.45) is 0 Å². The molecule has 4 rings (SSSR count). The standard InChI is InChI=1S/C24H22N4O4S2/c1-32-18-11-9-17(10-12-18)25-21(29)14-19-23(31)27(15-16-6-3-2-4-7-16)24(33)28(19)26-22(30)20-8-5-13-34-20/h2-13,19H,14-15H2,1H3,(H,25,29)(H,26,30). The second-order valence-corrected chi connectivity index (χ2v) is 8.79. The van der Waals surface area contributed by atoms with Crippen LogP contribution in [0.5, 0.6) is 5.75 Å². The molecule has 3 amide bonds. The Kier molecular flexibility index (Phi) is 7.19. The summed E-state index contributed by atoms with van der Waals surface area (Å²) in [4.78, 5) is 40.7. The molecular formula is C24H22N4O4S2. The van der Waals surface area contributed by atoms with Crippen molar-refractivity contribution in [3.63, 3.8) is 0 Å². The summed E-state index contributed by atoms with van der Waals surface area (Å²) in [6.45, 7) is 0.237. The third kappa shape index (κ3) is 5.24. The number of carbonyl (C=O) groups is 3. The normalized spacial score (nSPS) is 15.4. The number of rotatable bonds is 8. The third-order valence-corrected chi connectivity index (χ3v) is 6.49. The molecule has 2 aromatic carbocycles. The first-order valence-corrected chi connectivity index (χ1v) is 11.7. The molecule has 34 heavy (non-hydrogen) atoms. The van der Waals surface area contributed by atoms with E-state index in [4.69, 9.17) is 17.0 Å². The van der Waals surface area contributed by atoms with E-state index >= 15 is 0 Å². The number of benzene rings is 2. The first-order chi connectivity index (χ1) is 16.5. The Morgan fingerprint density at radius 3 is 2.44 bits per heavy atom. The smallest absolute Gasteiger partial charge is 0.279 e. The van der Waals surface area contributed by atoms with Crippen molar-refractivity contribution < 1.29 is 19.1 Å². The lowest BCUT2D eigenvalue weighted by Gasteiger charge is -2.24. The summed E-state index contributed by atoms with van der Waals surface area (Å²) < 4.78 is 5.13. The average Bonchev–Trinajstić information content (AvgIpc) is 3.46. The van der Waals surface area contributed by atoms with Gasteiger partial charge in [-0.1, -0.05) is 36.4 Å². The van der Waals surface area contributed by atoms with Crippen LogP contribution in [0.1, 0.15) is 21.7 Å². The molecule has 0 saturated carbocycles. The zero-order valence-electron chi connectivity index (χ0n) is 18.3. The summed E-state index contributed by atoms with van der Waals surface area (Å²) in [7, 11) is 1.56. The number of methoxy groups -OCH3 is 1. The van der Waals surface area contributed by atoms with E-state index in [2.05, 4.69) is 10.7 Å². The number of hydrogen-bond acceptors (Lipinski definition) is 6. The molecule has 10 heteroatoms. The molecule has 3 aromatic rings. The predicted molar refractivity (Wildman–Crippen MR) is 133 cm³/mol. The highest BCUT2D eigenvalue weighted by Crippen LogP contribution is 2.23. The number of thiophene rings is 1. The Hall–Kier alpha value is -3.76. The Labute approximate surface area is 206 Å². The number of thiocarbonyl (C=S) groups is 1. The van der Waals surface area contributed by atoms with Crippen LogP contribution < -0.4 is 15.5 Å². The SMILES string of the molecule is COc1ccc(NC(=O)CC2C(=O)N(Cc3ccccc3)C(=S)N2NC(=O)c2cccs2)cc1. The maximum Gasteiger partial charge on any atom is 0.279 e. The van der Waals surface area contributed by atoms with Crippen molar-refractivity contribution in [3.05, 3.63) is 82.6 Å². The summed E-state index contributed by atoms with van der Waals surface area (Å²) in [6, 6.07) is 18.7. The van der Waals surface area contributed by atoms with Gasteiger partial charge in [0, 0.05) is 5.69 Å². The van der Waals surface area contributed by atoms with E-state index in [9.17, 15) is 14.4 Å². The van der Waals surface area contributed by atoms with Gasteiger partial charge in [-0.15, -0.1) is 11.3 Å². The molecule has 0 aliphatic carbocycles. The zero-order chi connectivity index (χ0) is 24.1. The number of hydrogen-bond donors (Lipinski definition) is 2. The van der Waals surface area contributed by atoms with Gasteiger partial charge in [0.15, 0.2) is 5.11 Å². The number of nitrogens with zero attached hydrogens (tertiary/aromatic N) is 2. The number of amides is 3. The van der Waals surface area contributed by atoms with Crippen LogP contribution in [0.3, 0.4) is 0 Å². The van der Waals surface area contributed by atoms with E-state index in [0.29, 0.717) is 16.3 Å². The Morgan fingerprint density at radius 2 is 1.79 bits per heavy atom. The number of hydrazine groups is 1. The van der Waals surface area contributed by atoms with Gasteiger partial charge >= 0.3 is 0 Å². The van der Waals surface area contributed by atoms with Crippen LogP contribution in [0.15, 0.2) is 72.1 Å². The largest absolute Gasteiger partial charge is 0.497 e. The molecule has 0 spiro atoms. The molecule has 1 saturated heterocycles. The molecule has 2 heterocycles. The molecular weight excluding hydrogens is 472 g/mol. The second-order valence-electron chi connectivity index (χ2n) is 7.48. The molecule has 2 N–H and O–H groups in total. The Bertz CT molecular complexity index is 1180. The highest BCUT2D eigenvalue weighted by Gasteiger charge is 2.44. The van der Waals surface area contributed by atoms with Gasteiger partial charge in [0.05, 0.1) is 25.0 Å². The number of nitrogens with one attached hydrogen (secondary N) is 2. The van der Waals surface area contributed by atoms with Gasteiger partial charge in [-0.2, -0.15) is 0 Å². The van der Waals surface area contributed by atoms with Gasteiger partial charge in [0.1, 0.15) is 11.8 Å². The van der Waals surface area contributed by atoms with Gasteiger partial charge < -0.3 is 10.1 Å². The van der Waals surface area contributed by atoms with E-state index in [-0.39, 0.29) is 29.9 Å². The minimum Gasteiger partial charge on any atom is -0.497 e. The van der Waals surface area contributed by atoms with E-state index in [1.54, 1.807) is 48.9 Å². The Balaban J connectivity index is 1.52. The highest BCUT2D eigenvalue weighted by molar-refractivity contribution is 7.80. The maximum atomic E-state index is 13.3. The monoisotopic (exact) mass is 494 g/mol. The molecule has 174 valence electrons. The van der Waals surface area contributed by atoms with Crippen molar-refractivity contribution in [2.45, 2.75) is 19.0 Å². The van der Waals surface area contributed by atoms with Gasteiger partial charge in [0.2, 0.25) is 5.91 Å². The highest BCUT2D eigenvalue weighted by atomic mass is 32.1. The van der Waals surface area contributed by atoms with Crippen LogP contribution in [0.25, 0.3) is 0 Å². The van der Waals surface area contributed by atoms with E-state index in [0.717, 1.165) is 5.56 Å². The van der Waals surface area contributed by atoms with Crippen molar-refractivity contribution in [3.8, 4) is 5.75 Å². The van der Waals surface area contributed by atoms with Crippen LogP contribution in [0.4, 0.5) is 5.69 Å². The second kappa shape index (κ2) is 10.4. The topological polar surface area (TPSA) is 91.0 Å². The fourth-order valence-electron chi connectivity index (χ4n) is 3.50. The number of ether oxygens (including phenoxy) is 1. The van der Waals surface area contributed by atoms with E-state index in [1.165, 1.54) is 21.2 Å². The van der Waals surface area contributed by atoms with Gasteiger partial charge in [-0.3, -0.25) is 24.7 Å². The van der Waals surface area contributed by atoms with Crippen molar-refractivity contribution >= 4 is 52.1 Å². The van der Waals surface area contributed by atoms with Crippen molar-refractivity contribution in [2.75, 3.05) is 12.4 Å². The molecule has 1 aliphatic heterocycles. The lowest BCUT2D eigenvalue weighted by molar-refractivity contribution is -0.131. The maximum absolute atomic E-state index is 13.3. The average molecular weight is 495 g/mol. The molecule has 1 fully saturated rings. The first kappa shape index (κ1) is 23.4. The quantitative estimate of drug-likeness (QED) is 0.467. The summed E-state index contributed by atoms with van der Waals surface area (Å²) in [5.41, 5.74) is 4.16. The molecule has 8 nitrogen and oxygen atoms in total. The lowest BCUT2D eigenvalue weighted by Crippen LogP contribution is -2.49. The Morgan fingerprint density at radius 1 is 1.06 bits per heavy atom. The number of anilines is 1. The van der Waals surface area contributed by atoms with Crippen molar-refractivity contribution in [1.82, 2.24) is 15.3 Å². The number of carbonyl (C=O) groups excluding carboxylic acids is 3. The van der Waals surface area contributed by atoms with Gasteiger partial charge in [-0.25, -0.2) is 5.01 Å². The molecule has 1 aromatic heterocycles. The molecule has 1 atom stereocenters. The minimum atomic E-state index is -0.974. The van der Waals surface area contributed by atoms with Crippen LogP contribution in [0, 0.1) is 0 Å². The van der Waals surface area contributed by atoms with Crippen molar-refractivity contribution in [1.29, 1.82) is 0 Å². The third-order valence-electron chi connectivity index (χ3n) is 5.20. The fourth-order valence-corrected chi connectivity index (χ4v) is 4.44. The summed E-state index contributed by atoms with van der Waals surface area (Å²) in [5.74, 6) is -0.478. The molecule has 1 unspecified atom stereocenters. The summed E-state index contributed by atoms with van der Waals surface area (Å²) >= 11 is 6.82. The van der Waals surface area contributed by atoms with Crippen LogP contribution >= 0.6 is 23.6 Å². The summed E-state index contributed by atoms with van der Waals surface area (Å²) in [6.07, 6.45) is -0.193. The predicted octanol–water partition coefficient (Wildman–Crippen LogP) is 3.43. The lowest BCUT2D eigenvalue weighted by atomic mass is 10.1. The first-order valence-electron chi connectivity index (χ1n) is 10.4. The van der Waals surface area contributed by atoms with E-state index in [1.807, 2.05) is 30.3 Å². The zero-order valence-corrected chi connectivity index (χ0v) is 19.9. The van der Waals surface area contributed by atoms with Gasteiger partial charge in [-0.05, 0) is 53.5 Å². The minimum absolute atomic E-state index is 0.140. The summed E-state index contributed by atoms with van der Waals surface area (Å²) in [5, 5.41) is 6.01. The van der Waals surface area contributed by atoms with Gasteiger partial charge in [0.25, 0.3) is 11.8 Å².